The molecular formula is C16H23N3O4. The van der Waals surface area contributed by atoms with Crippen LogP contribution in [0.2, 0.25) is 0 Å². The molecule has 0 amide bonds. The van der Waals surface area contributed by atoms with Gasteiger partial charge in [0, 0.05) is 25.9 Å². The lowest BCUT2D eigenvalue weighted by Crippen LogP contribution is -2.46. The van der Waals surface area contributed by atoms with E-state index in [0.717, 1.165) is 32.5 Å². The number of ether oxygens (including phenoxy) is 1. The molecule has 2 aromatic rings. The fraction of sp³-hybridized carbons (Fsp3) is 0.625. The minimum atomic E-state index is -0.599. The summed E-state index contributed by atoms with van der Waals surface area (Å²) < 4.78 is 16.2. The highest BCUT2D eigenvalue weighted by Crippen LogP contribution is 2.23. The zero-order valence-electron chi connectivity index (χ0n) is 13.4. The number of nitrogens with zero attached hydrogens (tertiary/aromatic N) is 3. The lowest BCUT2D eigenvalue weighted by atomic mass is 10.0. The summed E-state index contributed by atoms with van der Waals surface area (Å²) in [7, 11) is 0. The first-order chi connectivity index (χ1) is 11.2. The van der Waals surface area contributed by atoms with Crippen LogP contribution in [0.15, 0.2) is 27.2 Å². The number of aliphatic hydroxyl groups is 1. The highest BCUT2D eigenvalue weighted by Gasteiger charge is 2.26. The molecule has 2 atom stereocenters. The van der Waals surface area contributed by atoms with E-state index in [-0.39, 0.29) is 6.04 Å². The van der Waals surface area contributed by atoms with E-state index in [2.05, 4.69) is 15.1 Å². The average molecular weight is 321 g/mol. The molecule has 23 heavy (non-hydrogen) atoms. The minimum absolute atomic E-state index is 0.188. The van der Waals surface area contributed by atoms with E-state index in [4.69, 9.17) is 13.6 Å². The van der Waals surface area contributed by atoms with Crippen molar-refractivity contribution in [2.24, 2.45) is 0 Å². The van der Waals surface area contributed by atoms with Crippen LogP contribution in [-0.2, 0) is 11.2 Å². The van der Waals surface area contributed by atoms with Crippen LogP contribution in [0, 0.1) is 6.92 Å². The second-order valence-electron chi connectivity index (χ2n) is 5.85. The first-order valence-corrected chi connectivity index (χ1v) is 8.04. The Hall–Kier alpha value is -1.70. The fourth-order valence-corrected chi connectivity index (χ4v) is 2.93. The van der Waals surface area contributed by atoms with E-state index in [1.807, 2.05) is 0 Å². The third kappa shape index (κ3) is 4.40. The van der Waals surface area contributed by atoms with Crippen molar-refractivity contribution in [3.8, 4) is 0 Å². The standard InChI is InChI=1S/C16H23N3O4/c1-12-17-18-16(23-12)5-2-6-19-7-9-21-11-13(19)10-14(20)15-4-3-8-22-15/h3-4,8,13-14,20H,2,5-7,9-11H2,1H3. The Morgan fingerprint density at radius 1 is 1.43 bits per heavy atom. The summed E-state index contributed by atoms with van der Waals surface area (Å²) in [6.45, 7) is 4.95. The predicted molar refractivity (Wildman–Crippen MR) is 81.8 cm³/mol. The van der Waals surface area contributed by atoms with Gasteiger partial charge < -0.3 is 18.7 Å². The summed E-state index contributed by atoms with van der Waals surface area (Å²) in [5, 5.41) is 18.1. The second-order valence-corrected chi connectivity index (χ2v) is 5.85. The van der Waals surface area contributed by atoms with E-state index >= 15 is 0 Å². The van der Waals surface area contributed by atoms with Crippen LogP contribution >= 0.6 is 0 Å². The number of hydrogen-bond acceptors (Lipinski definition) is 7. The van der Waals surface area contributed by atoms with Gasteiger partial charge in [-0.15, -0.1) is 10.2 Å². The highest BCUT2D eigenvalue weighted by atomic mass is 16.5. The van der Waals surface area contributed by atoms with Crippen molar-refractivity contribution in [1.29, 1.82) is 0 Å². The molecule has 0 spiro atoms. The van der Waals surface area contributed by atoms with Gasteiger partial charge in [-0.3, -0.25) is 4.90 Å². The maximum absolute atomic E-state index is 10.3. The van der Waals surface area contributed by atoms with Crippen molar-refractivity contribution >= 4 is 0 Å². The fourth-order valence-electron chi connectivity index (χ4n) is 2.93. The molecule has 1 fully saturated rings. The van der Waals surface area contributed by atoms with Crippen molar-refractivity contribution in [1.82, 2.24) is 15.1 Å². The summed E-state index contributed by atoms with van der Waals surface area (Å²) in [4.78, 5) is 2.36. The molecule has 3 heterocycles. The summed E-state index contributed by atoms with van der Waals surface area (Å²) in [5.74, 6) is 1.89. The van der Waals surface area contributed by atoms with Gasteiger partial charge >= 0.3 is 0 Å². The van der Waals surface area contributed by atoms with Gasteiger partial charge in [0.1, 0.15) is 11.9 Å². The van der Waals surface area contributed by atoms with E-state index in [0.29, 0.717) is 30.6 Å². The van der Waals surface area contributed by atoms with Gasteiger partial charge in [-0.25, -0.2) is 0 Å². The van der Waals surface area contributed by atoms with Gasteiger partial charge in [-0.2, -0.15) is 0 Å². The van der Waals surface area contributed by atoms with Crippen LogP contribution in [-0.4, -0.2) is 52.5 Å². The number of hydrogen-bond donors (Lipinski definition) is 1. The van der Waals surface area contributed by atoms with Crippen molar-refractivity contribution < 1.29 is 18.7 Å². The molecule has 2 unspecified atom stereocenters. The van der Waals surface area contributed by atoms with Crippen molar-refractivity contribution in [2.75, 3.05) is 26.3 Å². The quantitative estimate of drug-likeness (QED) is 0.831. The van der Waals surface area contributed by atoms with Crippen LogP contribution in [0.4, 0.5) is 0 Å². The molecule has 1 N–H and O–H groups in total. The summed E-state index contributed by atoms with van der Waals surface area (Å²) in [6.07, 6.45) is 3.30. The zero-order chi connectivity index (χ0) is 16.1. The van der Waals surface area contributed by atoms with Gasteiger partial charge in [0.15, 0.2) is 0 Å². The maximum atomic E-state index is 10.3. The molecule has 1 saturated heterocycles. The van der Waals surface area contributed by atoms with Crippen LogP contribution in [0.5, 0.6) is 0 Å². The molecule has 7 nitrogen and oxygen atoms in total. The molecule has 0 saturated carbocycles. The van der Waals surface area contributed by atoms with Crippen molar-refractivity contribution in [3.05, 3.63) is 35.9 Å². The van der Waals surface area contributed by atoms with Crippen LogP contribution in [0.25, 0.3) is 0 Å². The molecular weight excluding hydrogens is 298 g/mol. The second kappa shape index (κ2) is 7.72. The number of aryl methyl sites for hydroxylation is 2. The Kier molecular flexibility index (Phi) is 5.43. The first kappa shape index (κ1) is 16.2. The first-order valence-electron chi connectivity index (χ1n) is 8.04. The maximum Gasteiger partial charge on any atom is 0.216 e. The predicted octanol–water partition coefficient (Wildman–Crippen LogP) is 1.73. The van der Waals surface area contributed by atoms with Crippen molar-refractivity contribution in [2.45, 2.75) is 38.3 Å². The normalized spacial score (nSPS) is 20.7. The molecule has 1 aliphatic rings. The topological polar surface area (TPSA) is 84.8 Å². The van der Waals surface area contributed by atoms with Gasteiger partial charge in [0.05, 0.1) is 19.5 Å². The van der Waals surface area contributed by atoms with E-state index in [9.17, 15) is 5.11 Å². The van der Waals surface area contributed by atoms with Crippen LogP contribution < -0.4 is 0 Å². The molecule has 3 rings (SSSR count). The SMILES string of the molecule is Cc1nnc(CCCN2CCOCC2CC(O)c2ccco2)o1. The Morgan fingerprint density at radius 3 is 3.09 bits per heavy atom. The minimum Gasteiger partial charge on any atom is -0.467 e. The van der Waals surface area contributed by atoms with Crippen LogP contribution in [0.1, 0.15) is 36.5 Å². The molecule has 0 aromatic carbocycles. The summed E-state index contributed by atoms with van der Waals surface area (Å²) in [5.41, 5.74) is 0. The molecule has 0 bridgehead atoms. The van der Waals surface area contributed by atoms with Crippen LogP contribution in [0.3, 0.4) is 0 Å². The number of aromatic nitrogens is 2. The molecule has 1 aliphatic heterocycles. The Bertz CT molecular complexity index is 584. The number of morpholine rings is 1. The largest absolute Gasteiger partial charge is 0.467 e. The average Bonchev–Trinajstić information content (AvgIpc) is 3.21. The van der Waals surface area contributed by atoms with E-state index < -0.39 is 6.10 Å². The van der Waals surface area contributed by atoms with Gasteiger partial charge in [-0.1, -0.05) is 0 Å². The molecule has 7 heteroatoms. The number of aliphatic hydroxyl groups excluding tert-OH is 1. The molecule has 126 valence electrons. The Labute approximate surface area is 135 Å². The Balaban J connectivity index is 1.49. The van der Waals surface area contributed by atoms with E-state index in [1.165, 1.54) is 0 Å². The lowest BCUT2D eigenvalue weighted by Gasteiger charge is -2.36. The van der Waals surface area contributed by atoms with Gasteiger partial charge in [-0.05, 0) is 31.5 Å². The monoisotopic (exact) mass is 321 g/mol. The third-order valence-electron chi connectivity index (χ3n) is 4.12. The third-order valence-corrected chi connectivity index (χ3v) is 4.12. The molecule has 2 aromatic heterocycles. The molecule has 0 radical (unpaired) electrons. The number of furan rings is 1. The highest BCUT2D eigenvalue weighted by molar-refractivity contribution is 5.02. The summed E-state index contributed by atoms with van der Waals surface area (Å²) >= 11 is 0. The van der Waals surface area contributed by atoms with Crippen molar-refractivity contribution in [3.63, 3.8) is 0 Å². The smallest absolute Gasteiger partial charge is 0.216 e. The van der Waals surface area contributed by atoms with Gasteiger partial charge in [0.2, 0.25) is 11.8 Å². The summed E-state index contributed by atoms with van der Waals surface area (Å²) in [6, 6.07) is 3.78. The lowest BCUT2D eigenvalue weighted by molar-refractivity contribution is -0.0289. The van der Waals surface area contributed by atoms with E-state index in [1.54, 1.807) is 25.3 Å². The van der Waals surface area contributed by atoms with Gasteiger partial charge in [0.25, 0.3) is 0 Å². The molecule has 0 aliphatic carbocycles. The number of rotatable bonds is 7. The zero-order valence-corrected chi connectivity index (χ0v) is 13.4. The Morgan fingerprint density at radius 2 is 2.35 bits per heavy atom.